The lowest BCUT2D eigenvalue weighted by atomic mass is 10.0. The zero-order chi connectivity index (χ0) is 20.8. The Bertz CT molecular complexity index is 971. The van der Waals surface area contributed by atoms with E-state index in [9.17, 15) is 4.79 Å². The molecule has 29 heavy (non-hydrogen) atoms. The number of carbonyl (C=O) groups is 1. The summed E-state index contributed by atoms with van der Waals surface area (Å²) in [6.45, 7) is 8.32. The molecule has 150 valence electrons. The van der Waals surface area contributed by atoms with Crippen molar-refractivity contribution in [2.75, 3.05) is 5.32 Å². The van der Waals surface area contributed by atoms with E-state index >= 15 is 0 Å². The predicted molar refractivity (Wildman–Crippen MR) is 122 cm³/mol. The van der Waals surface area contributed by atoms with Gasteiger partial charge in [0.15, 0.2) is 5.13 Å². The number of nitrogens with one attached hydrogen (secondary N) is 1. The minimum Gasteiger partial charge on any atom is -0.491 e. The number of thiazole rings is 1. The van der Waals surface area contributed by atoms with Crippen LogP contribution in [-0.4, -0.2) is 17.0 Å². The second-order valence-electron chi connectivity index (χ2n) is 7.37. The third kappa shape index (κ3) is 6.03. The Morgan fingerprint density at radius 1 is 1.03 bits per heavy atom. The third-order valence-electron chi connectivity index (χ3n) is 4.29. The summed E-state index contributed by atoms with van der Waals surface area (Å²) in [4.78, 5) is 16.7. The molecule has 0 aliphatic heterocycles. The molecule has 2 aromatic carbocycles. The SMILES string of the molecule is CC(C)Oc1ccc(-c2csc(NC(=O)/C=C/c3ccc(C(C)C)cc3)n2)cc1. The van der Waals surface area contributed by atoms with Gasteiger partial charge in [-0.05, 0) is 61.2 Å². The number of anilines is 1. The minimum absolute atomic E-state index is 0.142. The number of hydrogen-bond donors (Lipinski definition) is 1. The summed E-state index contributed by atoms with van der Waals surface area (Å²) in [5.74, 6) is 1.13. The summed E-state index contributed by atoms with van der Waals surface area (Å²) in [6.07, 6.45) is 3.48. The Kier molecular flexibility index (Phi) is 6.83. The number of nitrogens with zero attached hydrogens (tertiary/aromatic N) is 1. The monoisotopic (exact) mass is 406 g/mol. The zero-order valence-electron chi connectivity index (χ0n) is 17.2. The van der Waals surface area contributed by atoms with Crippen molar-refractivity contribution in [2.45, 2.75) is 39.7 Å². The van der Waals surface area contributed by atoms with Crippen molar-refractivity contribution in [3.05, 3.63) is 71.1 Å². The van der Waals surface area contributed by atoms with Crippen molar-refractivity contribution in [2.24, 2.45) is 0 Å². The molecule has 1 heterocycles. The fourth-order valence-electron chi connectivity index (χ4n) is 2.75. The van der Waals surface area contributed by atoms with Gasteiger partial charge in [-0.15, -0.1) is 11.3 Å². The molecule has 0 saturated heterocycles. The number of carbonyl (C=O) groups excluding carboxylic acids is 1. The first-order valence-electron chi connectivity index (χ1n) is 9.72. The molecule has 3 rings (SSSR count). The van der Waals surface area contributed by atoms with Crippen LogP contribution in [0.2, 0.25) is 0 Å². The second-order valence-corrected chi connectivity index (χ2v) is 8.23. The lowest BCUT2D eigenvalue weighted by molar-refractivity contribution is -0.111. The predicted octanol–water partition coefficient (Wildman–Crippen LogP) is 6.37. The van der Waals surface area contributed by atoms with Crippen LogP contribution in [0, 0.1) is 0 Å². The lowest BCUT2D eigenvalue weighted by Crippen LogP contribution is -2.07. The fraction of sp³-hybridized carbons (Fsp3) is 0.250. The summed E-state index contributed by atoms with van der Waals surface area (Å²) < 4.78 is 5.66. The maximum Gasteiger partial charge on any atom is 0.250 e. The highest BCUT2D eigenvalue weighted by atomic mass is 32.1. The van der Waals surface area contributed by atoms with Crippen LogP contribution in [0.3, 0.4) is 0 Å². The van der Waals surface area contributed by atoms with E-state index in [-0.39, 0.29) is 12.0 Å². The molecule has 1 N–H and O–H groups in total. The van der Waals surface area contributed by atoms with Crippen molar-refractivity contribution in [1.29, 1.82) is 0 Å². The van der Waals surface area contributed by atoms with E-state index in [1.807, 2.05) is 55.6 Å². The van der Waals surface area contributed by atoms with Gasteiger partial charge < -0.3 is 4.74 Å². The first kappa shape index (κ1) is 20.8. The third-order valence-corrected chi connectivity index (χ3v) is 5.04. The number of ether oxygens (including phenoxy) is 1. The fourth-order valence-corrected chi connectivity index (χ4v) is 3.47. The Labute approximate surface area is 176 Å². The van der Waals surface area contributed by atoms with Gasteiger partial charge in [0.25, 0.3) is 0 Å². The van der Waals surface area contributed by atoms with Gasteiger partial charge in [0, 0.05) is 17.0 Å². The molecule has 0 atom stereocenters. The Morgan fingerprint density at radius 2 is 1.72 bits per heavy atom. The van der Waals surface area contributed by atoms with Gasteiger partial charge >= 0.3 is 0 Å². The second kappa shape index (κ2) is 9.52. The molecule has 1 amide bonds. The quantitative estimate of drug-likeness (QED) is 0.464. The minimum atomic E-state index is -0.195. The molecule has 3 aromatic rings. The van der Waals surface area contributed by atoms with E-state index in [1.54, 1.807) is 6.08 Å². The van der Waals surface area contributed by atoms with E-state index in [0.717, 1.165) is 22.6 Å². The van der Waals surface area contributed by atoms with Gasteiger partial charge in [-0.2, -0.15) is 0 Å². The molecule has 4 nitrogen and oxygen atoms in total. The topological polar surface area (TPSA) is 51.2 Å². The van der Waals surface area contributed by atoms with Crippen LogP contribution in [0.1, 0.15) is 44.7 Å². The standard InChI is InChI=1S/C24H26N2O2S/c1-16(2)19-8-5-18(6-9-19)7-14-23(27)26-24-25-22(15-29-24)20-10-12-21(13-11-20)28-17(3)4/h5-17H,1-4H3,(H,25,26,27)/b14-7+. The Balaban J connectivity index is 1.59. The van der Waals surface area contributed by atoms with Crippen molar-refractivity contribution in [1.82, 2.24) is 4.98 Å². The molecule has 1 aromatic heterocycles. The lowest BCUT2D eigenvalue weighted by Gasteiger charge is -2.09. The molecule has 0 unspecified atom stereocenters. The molecule has 0 bridgehead atoms. The maximum absolute atomic E-state index is 12.2. The van der Waals surface area contributed by atoms with Gasteiger partial charge in [0.1, 0.15) is 5.75 Å². The van der Waals surface area contributed by atoms with Crippen LogP contribution in [0.25, 0.3) is 17.3 Å². The van der Waals surface area contributed by atoms with Gasteiger partial charge in [-0.25, -0.2) is 4.98 Å². The average Bonchev–Trinajstić information content (AvgIpc) is 3.15. The summed E-state index contributed by atoms with van der Waals surface area (Å²) in [5, 5.41) is 5.34. The van der Waals surface area contributed by atoms with Gasteiger partial charge in [-0.1, -0.05) is 38.1 Å². The van der Waals surface area contributed by atoms with Crippen molar-refractivity contribution < 1.29 is 9.53 Å². The Hall–Kier alpha value is -2.92. The van der Waals surface area contributed by atoms with E-state index in [2.05, 4.69) is 36.3 Å². The summed E-state index contributed by atoms with van der Waals surface area (Å²) in [6, 6.07) is 16.0. The van der Waals surface area contributed by atoms with Gasteiger partial charge in [-0.3, -0.25) is 10.1 Å². The normalized spacial score (nSPS) is 11.4. The van der Waals surface area contributed by atoms with E-state index in [0.29, 0.717) is 11.0 Å². The first-order chi connectivity index (χ1) is 13.9. The molecule has 0 aliphatic carbocycles. The van der Waals surface area contributed by atoms with E-state index in [1.165, 1.54) is 23.0 Å². The molecule has 0 saturated carbocycles. The number of benzene rings is 2. The highest BCUT2D eigenvalue weighted by Crippen LogP contribution is 2.27. The van der Waals surface area contributed by atoms with Crippen molar-refractivity contribution >= 4 is 28.5 Å². The van der Waals surface area contributed by atoms with Crippen LogP contribution < -0.4 is 10.1 Å². The molecular formula is C24H26N2O2S. The zero-order valence-corrected chi connectivity index (χ0v) is 18.0. The number of amides is 1. The van der Waals surface area contributed by atoms with E-state index in [4.69, 9.17) is 4.74 Å². The molecule has 0 spiro atoms. The number of aromatic nitrogens is 1. The number of hydrogen-bond acceptors (Lipinski definition) is 4. The molecule has 0 radical (unpaired) electrons. The molecular weight excluding hydrogens is 380 g/mol. The van der Waals surface area contributed by atoms with Crippen LogP contribution in [-0.2, 0) is 4.79 Å². The van der Waals surface area contributed by atoms with Crippen LogP contribution in [0.5, 0.6) is 5.75 Å². The highest BCUT2D eigenvalue weighted by Gasteiger charge is 2.07. The maximum atomic E-state index is 12.2. The summed E-state index contributed by atoms with van der Waals surface area (Å²) in [5.41, 5.74) is 4.09. The average molecular weight is 407 g/mol. The van der Waals surface area contributed by atoms with Crippen LogP contribution >= 0.6 is 11.3 Å². The van der Waals surface area contributed by atoms with Crippen molar-refractivity contribution in [3.63, 3.8) is 0 Å². The Morgan fingerprint density at radius 3 is 2.34 bits per heavy atom. The summed E-state index contributed by atoms with van der Waals surface area (Å²) >= 11 is 1.41. The van der Waals surface area contributed by atoms with Crippen LogP contribution in [0.4, 0.5) is 5.13 Å². The van der Waals surface area contributed by atoms with Gasteiger partial charge in [0.2, 0.25) is 5.91 Å². The smallest absolute Gasteiger partial charge is 0.250 e. The first-order valence-corrected chi connectivity index (χ1v) is 10.6. The molecule has 0 fully saturated rings. The van der Waals surface area contributed by atoms with E-state index < -0.39 is 0 Å². The molecule has 0 aliphatic rings. The van der Waals surface area contributed by atoms with Crippen LogP contribution in [0.15, 0.2) is 60.0 Å². The van der Waals surface area contributed by atoms with Crippen molar-refractivity contribution in [3.8, 4) is 17.0 Å². The summed E-state index contributed by atoms with van der Waals surface area (Å²) in [7, 11) is 0. The molecule has 5 heteroatoms. The number of rotatable bonds is 7. The highest BCUT2D eigenvalue weighted by molar-refractivity contribution is 7.14. The van der Waals surface area contributed by atoms with Gasteiger partial charge in [0.05, 0.1) is 11.8 Å². The largest absolute Gasteiger partial charge is 0.491 e.